The summed E-state index contributed by atoms with van der Waals surface area (Å²) in [7, 11) is 0. The molecule has 2 N–H and O–H groups in total. The van der Waals surface area contributed by atoms with Crippen LogP contribution in [0.5, 0.6) is 0 Å². The number of aryl methyl sites for hydroxylation is 1. The van der Waals surface area contributed by atoms with Crippen molar-refractivity contribution >= 4 is 11.9 Å². The minimum atomic E-state index is -0.966. The predicted octanol–water partition coefficient (Wildman–Crippen LogP) is 4.14. The summed E-state index contributed by atoms with van der Waals surface area (Å²) >= 11 is 0. The number of carbonyl (C=O) groups is 2. The third-order valence-corrected chi connectivity index (χ3v) is 5.95. The van der Waals surface area contributed by atoms with E-state index >= 15 is 0 Å². The standard InChI is InChI=1S/C26H29N3O4/c30-25(8-4-7-22-17-20(26(31)32)11-14-27-22)28-21-12-15-29(16-13-21)18-23-9-10-24(33-23)19-5-2-1-3-6-19/h1-3,5-6,9-11,14,17,21H,4,7-8,12-13,15-16,18H2,(H,28,30)(H,31,32). The Labute approximate surface area is 193 Å². The van der Waals surface area contributed by atoms with Gasteiger partial charge in [-0.05, 0) is 49.9 Å². The third-order valence-electron chi connectivity index (χ3n) is 5.95. The molecule has 0 spiro atoms. The van der Waals surface area contributed by atoms with Gasteiger partial charge in [0.2, 0.25) is 5.91 Å². The summed E-state index contributed by atoms with van der Waals surface area (Å²) in [5, 5.41) is 12.2. The van der Waals surface area contributed by atoms with Crippen LogP contribution in [0.2, 0.25) is 0 Å². The van der Waals surface area contributed by atoms with Gasteiger partial charge in [-0.2, -0.15) is 0 Å². The molecule has 1 fully saturated rings. The zero-order valence-corrected chi connectivity index (χ0v) is 18.6. The van der Waals surface area contributed by atoms with E-state index in [1.165, 1.54) is 12.3 Å². The van der Waals surface area contributed by atoms with E-state index in [0.717, 1.165) is 49.6 Å². The van der Waals surface area contributed by atoms with E-state index in [1.807, 2.05) is 42.5 Å². The van der Waals surface area contributed by atoms with Gasteiger partial charge in [0.05, 0.1) is 12.1 Å². The largest absolute Gasteiger partial charge is 0.478 e. The fourth-order valence-corrected chi connectivity index (χ4v) is 4.15. The van der Waals surface area contributed by atoms with Crippen LogP contribution in [0, 0.1) is 0 Å². The number of carboxylic acids is 1. The summed E-state index contributed by atoms with van der Waals surface area (Å²) in [5.41, 5.74) is 2.00. The molecule has 2 aromatic heterocycles. The summed E-state index contributed by atoms with van der Waals surface area (Å²) < 4.78 is 6.02. The molecule has 3 aromatic rings. The second-order valence-corrected chi connectivity index (χ2v) is 8.44. The predicted molar refractivity (Wildman–Crippen MR) is 125 cm³/mol. The minimum Gasteiger partial charge on any atom is -0.478 e. The van der Waals surface area contributed by atoms with Gasteiger partial charge < -0.3 is 14.8 Å². The van der Waals surface area contributed by atoms with E-state index in [1.54, 1.807) is 6.07 Å². The molecule has 0 saturated carbocycles. The zero-order valence-electron chi connectivity index (χ0n) is 18.6. The number of pyridine rings is 1. The smallest absolute Gasteiger partial charge is 0.335 e. The van der Waals surface area contributed by atoms with Gasteiger partial charge in [-0.25, -0.2) is 4.79 Å². The molecule has 0 radical (unpaired) electrons. The average Bonchev–Trinajstić information content (AvgIpc) is 3.30. The maximum absolute atomic E-state index is 12.3. The van der Waals surface area contributed by atoms with Crippen LogP contribution in [0.25, 0.3) is 11.3 Å². The number of likely N-dealkylation sites (tertiary alicyclic amines) is 1. The summed E-state index contributed by atoms with van der Waals surface area (Å²) in [4.78, 5) is 29.9. The van der Waals surface area contributed by atoms with Crippen LogP contribution in [0.1, 0.15) is 47.5 Å². The third kappa shape index (κ3) is 6.52. The van der Waals surface area contributed by atoms with E-state index in [0.29, 0.717) is 25.0 Å². The molecule has 0 unspecified atom stereocenters. The van der Waals surface area contributed by atoms with E-state index in [-0.39, 0.29) is 17.5 Å². The zero-order chi connectivity index (χ0) is 23.0. The van der Waals surface area contributed by atoms with Gasteiger partial charge in [-0.15, -0.1) is 0 Å². The summed E-state index contributed by atoms with van der Waals surface area (Å²) in [6, 6.07) is 17.4. The van der Waals surface area contributed by atoms with Crippen LogP contribution in [-0.2, 0) is 17.8 Å². The molecule has 7 heteroatoms. The number of hydrogen-bond donors (Lipinski definition) is 2. The Balaban J connectivity index is 1.16. The Bertz CT molecular complexity index is 1070. The Morgan fingerprint density at radius 3 is 2.64 bits per heavy atom. The number of aromatic carboxylic acids is 1. The van der Waals surface area contributed by atoms with Crippen molar-refractivity contribution in [1.29, 1.82) is 0 Å². The highest BCUT2D eigenvalue weighted by Crippen LogP contribution is 2.23. The van der Waals surface area contributed by atoms with Gasteiger partial charge in [0, 0.05) is 43.0 Å². The van der Waals surface area contributed by atoms with Crippen molar-refractivity contribution in [3.63, 3.8) is 0 Å². The fraction of sp³-hybridized carbons (Fsp3) is 0.346. The number of amides is 1. The van der Waals surface area contributed by atoms with Gasteiger partial charge in [0.15, 0.2) is 0 Å². The van der Waals surface area contributed by atoms with Gasteiger partial charge in [0.25, 0.3) is 0 Å². The van der Waals surface area contributed by atoms with Crippen molar-refractivity contribution in [3.8, 4) is 11.3 Å². The Morgan fingerprint density at radius 1 is 1.09 bits per heavy atom. The van der Waals surface area contributed by atoms with Crippen molar-refractivity contribution in [2.24, 2.45) is 0 Å². The van der Waals surface area contributed by atoms with Crippen molar-refractivity contribution < 1.29 is 19.1 Å². The lowest BCUT2D eigenvalue weighted by Crippen LogP contribution is -2.44. The normalized spacial score (nSPS) is 14.8. The Kier molecular flexibility index (Phi) is 7.52. The quantitative estimate of drug-likeness (QED) is 0.512. The molecular weight excluding hydrogens is 418 g/mol. The molecule has 33 heavy (non-hydrogen) atoms. The first-order valence-corrected chi connectivity index (χ1v) is 11.4. The van der Waals surface area contributed by atoms with Crippen molar-refractivity contribution in [3.05, 3.63) is 77.8 Å². The Morgan fingerprint density at radius 2 is 1.88 bits per heavy atom. The number of rotatable bonds is 9. The van der Waals surface area contributed by atoms with Crippen LogP contribution in [0.15, 0.2) is 65.2 Å². The lowest BCUT2D eigenvalue weighted by molar-refractivity contribution is -0.122. The molecule has 3 heterocycles. The van der Waals surface area contributed by atoms with Crippen molar-refractivity contribution in [2.45, 2.75) is 44.7 Å². The van der Waals surface area contributed by atoms with E-state index in [4.69, 9.17) is 9.52 Å². The van der Waals surface area contributed by atoms with Crippen molar-refractivity contribution in [2.75, 3.05) is 13.1 Å². The second-order valence-electron chi connectivity index (χ2n) is 8.44. The van der Waals surface area contributed by atoms with Crippen LogP contribution in [-0.4, -0.2) is 46.0 Å². The highest BCUT2D eigenvalue weighted by atomic mass is 16.4. The minimum absolute atomic E-state index is 0.0429. The molecule has 0 atom stereocenters. The average molecular weight is 448 g/mol. The summed E-state index contributed by atoms with van der Waals surface area (Å²) in [6.07, 6.45) is 4.97. The number of nitrogens with one attached hydrogen (secondary N) is 1. The molecule has 1 saturated heterocycles. The molecule has 7 nitrogen and oxygen atoms in total. The molecular formula is C26H29N3O4. The summed E-state index contributed by atoms with van der Waals surface area (Å²) in [5.74, 6) is 0.919. The number of hydrogen-bond acceptors (Lipinski definition) is 5. The van der Waals surface area contributed by atoms with Crippen LogP contribution in [0.3, 0.4) is 0 Å². The number of piperidine rings is 1. The Hall–Kier alpha value is -3.45. The first-order chi connectivity index (χ1) is 16.1. The topological polar surface area (TPSA) is 95.7 Å². The molecule has 172 valence electrons. The van der Waals surface area contributed by atoms with Gasteiger partial charge in [0.1, 0.15) is 11.5 Å². The van der Waals surface area contributed by atoms with Gasteiger partial charge >= 0.3 is 5.97 Å². The molecule has 4 rings (SSSR count). The van der Waals surface area contributed by atoms with Crippen LogP contribution in [0.4, 0.5) is 0 Å². The lowest BCUT2D eigenvalue weighted by atomic mass is 10.0. The van der Waals surface area contributed by atoms with Crippen LogP contribution < -0.4 is 5.32 Å². The highest BCUT2D eigenvalue weighted by Gasteiger charge is 2.21. The molecule has 0 aliphatic carbocycles. The molecule has 1 aromatic carbocycles. The van der Waals surface area contributed by atoms with E-state index in [2.05, 4.69) is 15.2 Å². The lowest BCUT2D eigenvalue weighted by Gasteiger charge is -2.31. The monoisotopic (exact) mass is 447 g/mol. The van der Waals surface area contributed by atoms with E-state index in [9.17, 15) is 9.59 Å². The number of benzene rings is 1. The van der Waals surface area contributed by atoms with E-state index < -0.39 is 5.97 Å². The van der Waals surface area contributed by atoms with Gasteiger partial charge in [-0.3, -0.25) is 14.7 Å². The highest BCUT2D eigenvalue weighted by molar-refractivity contribution is 5.87. The summed E-state index contributed by atoms with van der Waals surface area (Å²) in [6.45, 7) is 2.60. The molecule has 1 aliphatic heterocycles. The fourth-order valence-electron chi connectivity index (χ4n) is 4.15. The van der Waals surface area contributed by atoms with Gasteiger partial charge in [-0.1, -0.05) is 30.3 Å². The number of nitrogens with zero attached hydrogens (tertiary/aromatic N) is 2. The number of aromatic nitrogens is 1. The maximum Gasteiger partial charge on any atom is 0.335 e. The second kappa shape index (κ2) is 10.9. The maximum atomic E-state index is 12.3. The SMILES string of the molecule is O=C(CCCc1cc(C(=O)O)ccn1)NC1CCN(Cc2ccc(-c3ccccc3)o2)CC1. The number of carboxylic acid groups (broad SMARTS) is 1. The molecule has 0 bridgehead atoms. The van der Waals surface area contributed by atoms with Crippen molar-refractivity contribution in [1.82, 2.24) is 15.2 Å². The first-order valence-electron chi connectivity index (χ1n) is 11.4. The number of furan rings is 1. The number of carbonyl (C=O) groups excluding carboxylic acids is 1. The van der Waals surface area contributed by atoms with Crippen LogP contribution >= 0.6 is 0 Å². The molecule has 1 aliphatic rings. The molecule has 1 amide bonds. The first kappa shape index (κ1) is 22.7.